The highest BCUT2D eigenvalue weighted by molar-refractivity contribution is 5.90. The number of esters is 1. The first-order valence-electron chi connectivity index (χ1n) is 8.07. The number of carbonyl (C=O) groups is 2. The molecule has 1 N–H and O–H groups in total. The van der Waals surface area contributed by atoms with Gasteiger partial charge in [-0.25, -0.2) is 9.59 Å². The van der Waals surface area contributed by atoms with Gasteiger partial charge < -0.3 is 19.5 Å². The van der Waals surface area contributed by atoms with Gasteiger partial charge in [-0.3, -0.25) is 0 Å². The summed E-state index contributed by atoms with van der Waals surface area (Å²) < 4.78 is 49.8. The lowest BCUT2D eigenvalue weighted by Crippen LogP contribution is -2.41. The third kappa shape index (κ3) is 4.59. The van der Waals surface area contributed by atoms with E-state index in [1.807, 2.05) is 0 Å². The van der Waals surface area contributed by atoms with E-state index < -0.39 is 35.7 Å². The van der Waals surface area contributed by atoms with E-state index in [9.17, 15) is 22.8 Å². The summed E-state index contributed by atoms with van der Waals surface area (Å²) in [6, 6.07) is 2.86. The van der Waals surface area contributed by atoms with Gasteiger partial charge >= 0.3 is 18.2 Å². The molecule has 0 bridgehead atoms. The minimum atomic E-state index is -4.63. The van der Waals surface area contributed by atoms with Crippen molar-refractivity contribution in [1.82, 2.24) is 4.90 Å². The molecular weight excluding hydrogens is 355 g/mol. The van der Waals surface area contributed by atoms with E-state index in [1.54, 1.807) is 6.92 Å². The zero-order chi connectivity index (χ0) is 19.5. The van der Waals surface area contributed by atoms with Crippen molar-refractivity contribution in [2.45, 2.75) is 32.0 Å². The standard InChI is InChI=1S/C17H20F3NO5/c1-10(11-5-7-21(8-6-11)16(23)24)26-14-9-12(15(22)25-2)3-4-13(14)17(18,19)20/h3-4,9-11H,5-8H2,1-2H3,(H,23,24). The Balaban J connectivity index is 2.18. The molecule has 1 fully saturated rings. The van der Waals surface area contributed by atoms with E-state index in [1.165, 1.54) is 4.90 Å². The Morgan fingerprint density at radius 3 is 2.38 bits per heavy atom. The summed E-state index contributed by atoms with van der Waals surface area (Å²) in [7, 11) is 1.14. The van der Waals surface area contributed by atoms with E-state index >= 15 is 0 Å². The van der Waals surface area contributed by atoms with Gasteiger partial charge in [-0.15, -0.1) is 0 Å². The Hall–Kier alpha value is -2.45. The molecule has 1 amide bonds. The Morgan fingerprint density at radius 2 is 1.88 bits per heavy atom. The van der Waals surface area contributed by atoms with Gasteiger partial charge in [0.15, 0.2) is 0 Å². The lowest BCUT2D eigenvalue weighted by atomic mass is 9.92. The summed E-state index contributed by atoms with van der Waals surface area (Å²) in [5.74, 6) is -1.28. The maximum Gasteiger partial charge on any atom is 0.419 e. The number of rotatable bonds is 4. The van der Waals surface area contributed by atoms with Gasteiger partial charge in [0.25, 0.3) is 0 Å². The predicted octanol–water partition coefficient (Wildman–Crippen LogP) is 3.65. The molecule has 144 valence electrons. The van der Waals surface area contributed by atoms with Crippen LogP contribution in [0.25, 0.3) is 0 Å². The molecule has 1 aromatic rings. The second kappa shape index (κ2) is 7.84. The first-order valence-corrected chi connectivity index (χ1v) is 8.07. The lowest BCUT2D eigenvalue weighted by molar-refractivity contribution is -0.139. The molecule has 1 heterocycles. The Bertz CT molecular complexity index is 669. The van der Waals surface area contributed by atoms with Gasteiger partial charge in [-0.2, -0.15) is 13.2 Å². The van der Waals surface area contributed by atoms with Crippen molar-refractivity contribution in [2.24, 2.45) is 5.92 Å². The minimum Gasteiger partial charge on any atom is -0.490 e. The number of alkyl halides is 3. The first kappa shape index (κ1) is 19.9. The lowest BCUT2D eigenvalue weighted by Gasteiger charge is -2.33. The van der Waals surface area contributed by atoms with E-state index in [0.29, 0.717) is 25.9 Å². The molecule has 1 aromatic carbocycles. The number of hydrogen-bond donors (Lipinski definition) is 1. The van der Waals surface area contributed by atoms with E-state index in [2.05, 4.69) is 4.74 Å². The number of ether oxygens (including phenoxy) is 2. The van der Waals surface area contributed by atoms with Crippen LogP contribution in [0.1, 0.15) is 35.7 Å². The molecule has 9 heteroatoms. The quantitative estimate of drug-likeness (QED) is 0.813. The van der Waals surface area contributed by atoms with Crippen LogP contribution in [0, 0.1) is 5.92 Å². The van der Waals surface area contributed by atoms with Gasteiger partial charge in [0.05, 0.1) is 24.3 Å². The van der Waals surface area contributed by atoms with Crippen molar-refractivity contribution < 1.29 is 37.3 Å². The molecule has 1 atom stereocenters. The second-order valence-electron chi connectivity index (χ2n) is 6.13. The molecule has 1 unspecified atom stereocenters. The summed E-state index contributed by atoms with van der Waals surface area (Å²) in [5.41, 5.74) is -1.01. The van der Waals surface area contributed by atoms with Gasteiger partial charge in [0.1, 0.15) is 5.75 Å². The van der Waals surface area contributed by atoms with Crippen molar-refractivity contribution in [2.75, 3.05) is 20.2 Å². The fourth-order valence-corrected chi connectivity index (χ4v) is 2.96. The van der Waals surface area contributed by atoms with E-state index in [-0.39, 0.29) is 11.5 Å². The Morgan fingerprint density at radius 1 is 1.27 bits per heavy atom. The molecule has 6 nitrogen and oxygen atoms in total. The van der Waals surface area contributed by atoms with Crippen LogP contribution in [-0.4, -0.2) is 48.4 Å². The molecule has 0 spiro atoms. The smallest absolute Gasteiger partial charge is 0.419 e. The number of likely N-dealkylation sites (tertiary alicyclic amines) is 1. The Labute approximate surface area is 148 Å². The third-order valence-corrected chi connectivity index (χ3v) is 4.49. The average molecular weight is 375 g/mol. The van der Waals surface area contributed by atoms with E-state index in [4.69, 9.17) is 9.84 Å². The summed E-state index contributed by atoms with van der Waals surface area (Å²) in [6.07, 6.45) is -5.23. The van der Waals surface area contributed by atoms with Crippen LogP contribution in [0.2, 0.25) is 0 Å². The van der Waals surface area contributed by atoms with Crippen LogP contribution in [0.4, 0.5) is 18.0 Å². The highest BCUT2D eigenvalue weighted by atomic mass is 19.4. The van der Waals surface area contributed by atoms with Gasteiger partial charge in [0, 0.05) is 13.1 Å². The Kier molecular flexibility index (Phi) is 5.99. The molecule has 0 aliphatic carbocycles. The van der Waals surface area contributed by atoms with Gasteiger partial charge in [-0.1, -0.05) is 0 Å². The van der Waals surface area contributed by atoms with Crippen LogP contribution in [0.3, 0.4) is 0 Å². The number of amides is 1. The van der Waals surface area contributed by atoms with E-state index in [0.717, 1.165) is 25.3 Å². The third-order valence-electron chi connectivity index (χ3n) is 4.49. The molecule has 0 saturated carbocycles. The number of piperidine rings is 1. The van der Waals surface area contributed by atoms with Crippen LogP contribution in [0.5, 0.6) is 5.75 Å². The van der Waals surface area contributed by atoms with Crippen LogP contribution in [-0.2, 0) is 10.9 Å². The number of carbonyl (C=O) groups excluding carboxylic acids is 1. The molecule has 0 radical (unpaired) electrons. The number of benzene rings is 1. The van der Waals surface area contributed by atoms with Crippen LogP contribution < -0.4 is 4.74 Å². The molecular formula is C17H20F3NO5. The van der Waals surface area contributed by atoms with Gasteiger partial charge in [0.2, 0.25) is 0 Å². The SMILES string of the molecule is COC(=O)c1ccc(C(F)(F)F)c(OC(C)C2CCN(C(=O)O)CC2)c1. The first-order chi connectivity index (χ1) is 12.1. The number of carboxylic acid groups (broad SMARTS) is 1. The topological polar surface area (TPSA) is 76.1 Å². The van der Waals surface area contributed by atoms with Crippen molar-refractivity contribution >= 4 is 12.1 Å². The zero-order valence-corrected chi connectivity index (χ0v) is 14.4. The second-order valence-corrected chi connectivity index (χ2v) is 6.13. The van der Waals surface area contributed by atoms with Crippen molar-refractivity contribution in [3.8, 4) is 5.75 Å². The summed E-state index contributed by atoms with van der Waals surface area (Å²) in [6.45, 7) is 2.26. The summed E-state index contributed by atoms with van der Waals surface area (Å²) >= 11 is 0. The van der Waals surface area contributed by atoms with Crippen molar-refractivity contribution in [3.05, 3.63) is 29.3 Å². The van der Waals surface area contributed by atoms with Crippen LogP contribution in [0.15, 0.2) is 18.2 Å². The molecule has 2 rings (SSSR count). The minimum absolute atomic E-state index is 0.0385. The molecule has 1 aliphatic heterocycles. The summed E-state index contributed by atoms with van der Waals surface area (Å²) in [4.78, 5) is 23.8. The molecule has 26 heavy (non-hydrogen) atoms. The predicted molar refractivity (Wildman–Crippen MR) is 85.2 cm³/mol. The number of nitrogens with zero attached hydrogens (tertiary/aromatic N) is 1. The van der Waals surface area contributed by atoms with Crippen LogP contribution >= 0.6 is 0 Å². The monoisotopic (exact) mass is 375 g/mol. The largest absolute Gasteiger partial charge is 0.490 e. The maximum atomic E-state index is 13.2. The maximum absolute atomic E-state index is 13.2. The molecule has 0 aromatic heterocycles. The van der Waals surface area contributed by atoms with Crippen molar-refractivity contribution in [1.29, 1.82) is 0 Å². The highest BCUT2D eigenvalue weighted by Gasteiger charge is 2.36. The number of methoxy groups -OCH3 is 1. The molecule has 1 aliphatic rings. The summed E-state index contributed by atoms with van der Waals surface area (Å²) in [5, 5.41) is 8.96. The normalized spacial score (nSPS) is 16.9. The van der Waals surface area contributed by atoms with Crippen molar-refractivity contribution in [3.63, 3.8) is 0 Å². The zero-order valence-electron chi connectivity index (χ0n) is 14.4. The number of halogens is 3. The fourth-order valence-electron chi connectivity index (χ4n) is 2.96. The highest BCUT2D eigenvalue weighted by Crippen LogP contribution is 2.38. The van der Waals surface area contributed by atoms with Gasteiger partial charge in [-0.05, 0) is 43.9 Å². The number of hydrogen-bond acceptors (Lipinski definition) is 4. The average Bonchev–Trinajstić information content (AvgIpc) is 2.60. The fraction of sp³-hybridized carbons (Fsp3) is 0.529. The molecule has 1 saturated heterocycles.